The van der Waals surface area contributed by atoms with Crippen molar-refractivity contribution in [2.24, 2.45) is 0 Å². The molecule has 1 fully saturated rings. The lowest BCUT2D eigenvalue weighted by Crippen LogP contribution is -3.14. The zero-order valence-corrected chi connectivity index (χ0v) is 16.6. The van der Waals surface area contributed by atoms with Crippen molar-refractivity contribution in [1.29, 1.82) is 0 Å². The molecular formula is C20H27ClN3O3+. The highest BCUT2D eigenvalue weighted by Crippen LogP contribution is 2.30. The molecule has 1 atom stereocenters. The summed E-state index contributed by atoms with van der Waals surface area (Å²) >= 11 is 6.12. The summed E-state index contributed by atoms with van der Waals surface area (Å²) in [7, 11) is 2.06. The van der Waals surface area contributed by atoms with Crippen molar-refractivity contribution >= 4 is 40.1 Å². The lowest BCUT2D eigenvalue weighted by Gasteiger charge is -2.27. The monoisotopic (exact) mass is 392 g/mol. The number of fused-ring (bicyclic) bond motifs is 1. The molecule has 1 saturated carbocycles. The molecule has 0 aliphatic heterocycles. The predicted molar refractivity (Wildman–Crippen MR) is 107 cm³/mol. The smallest absolute Gasteiger partial charge is 0.356 e. The number of quaternary nitrogens is 1. The van der Waals surface area contributed by atoms with Gasteiger partial charge in [0.15, 0.2) is 6.54 Å². The Hall–Kier alpha value is -2.05. The molecule has 0 bridgehead atoms. The van der Waals surface area contributed by atoms with Crippen LogP contribution in [0, 0.1) is 0 Å². The molecule has 1 aliphatic carbocycles. The Bertz CT molecular complexity index is 827. The molecule has 1 aromatic heterocycles. The van der Waals surface area contributed by atoms with E-state index in [1.165, 1.54) is 24.2 Å². The molecule has 6 nitrogen and oxygen atoms in total. The Morgan fingerprint density at radius 1 is 1.30 bits per heavy atom. The van der Waals surface area contributed by atoms with Crippen LogP contribution in [0.15, 0.2) is 18.2 Å². The fourth-order valence-electron chi connectivity index (χ4n) is 3.83. The van der Waals surface area contributed by atoms with Crippen LogP contribution in [0.1, 0.15) is 49.5 Å². The molecule has 7 heteroatoms. The second kappa shape index (κ2) is 8.76. The number of carbonyl (C=O) groups excluding carboxylic acids is 2. The summed E-state index contributed by atoms with van der Waals surface area (Å²) in [6, 6.07) is 5.78. The Balaban J connectivity index is 1.81. The number of likely N-dealkylation sites (N-methyl/N-ethyl adjacent to an activating group) is 1. The Kier molecular flexibility index (Phi) is 6.39. The number of halogens is 1. The second-order valence-corrected chi connectivity index (χ2v) is 7.63. The highest BCUT2D eigenvalue weighted by molar-refractivity contribution is 6.31. The topological polar surface area (TPSA) is 75.6 Å². The number of ether oxygens (including phenoxy) is 1. The van der Waals surface area contributed by atoms with Crippen LogP contribution < -0.4 is 10.2 Å². The fourth-order valence-corrected chi connectivity index (χ4v) is 4.00. The van der Waals surface area contributed by atoms with E-state index in [-0.39, 0.29) is 18.2 Å². The SMILES string of the molecule is CCOC(=O)c1[nH]c2ccc(Cl)cc2c1NC(=O)C[NH+](C)C1CCCCC1. The van der Waals surface area contributed by atoms with Crippen LogP contribution >= 0.6 is 11.6 Å². The Labute approximate surface area is 164 Å². The first-order valence-electron chi connectivity index (χ1n) is 9.60. The highest BCUT2D eigenvalue weighted by atomic mass is 35.5. The van der Waals surface area contributed by atoms with E-state index in [1.54, 1.807) is 25.1 Å². The number of hydrogen-bond acceptors (Lipinski definition) is 3. The summed E-state index contributed by atoms with van der Waals surface area (Å²) in [6.07, 6.45) is 6.08. The van der Waals surface area contributed by atoms with Crippen molar-refractivity contribution in [3.63, 3.8) is 0 Å². The van der Waals surface area contributed by atoms with Crippen LogP contribution in [-0.2, 0) is 9.53 Å². The molecule has 27 heavy (non-hydrogen) atoms. The molecule has 1 amide bonds. The van der Waals surface area contributed by atoms with Crippen LogP contribution in [0.2, 0.25) is 5.02 Å². The maximum atomic E-state index is 12.7. The van der Waals surface area contributed by atoms with Gasteiger partial charge in [-0.3, -0.25) is 4.79 Å². The molecule has 3 rings (SSSR count). The van der Waals surface area contributed by atoms with Gasteiger partial charge in [0.2, 0.25) is 0 Å². The number of amides is 1. The maximum absolute atomic E-state index is 12.7. The van der Waals surface area contributed by atoms with Gasteiger partial charge in [-0.1, -0.05) is 18.0 Å². The predicted octanol–water partition coefficient (Wildman–Crippen LogP) is 2.78. The number of H-pyrrole nitrogens is 1. The average Bonchev–Trinajstić information content (AvgIpc) is 3.00. The number of carbonyl (C=O) groups is 2. The third kappa shape index (κ3) is 4.62. The van der Waals surface area contributed by atoms with E-state index in [4.69, 9.17) is 16.3 Å². The minimum Gasteiger partial charge on any atom is -0.461 e. The molecule has 2 aromatic rings. The fraction of sp³-hybridized carbons (Fsp3) is 0.500. The lowest BCUT2D eigenvalue weighted by molar-refractivity contribution is -0.899. The molecule has 146 valence electrons. The third-order valence-electron chi connectivity index (χ3n) is 5.25. The lowest BCUT2D eigenvalue weighted by atomic mass is 9.94. The number of esters is 1. The summed E-state index contributed by atoms with van der Waals surface area (Å²) < 4.78 is 5.13. The summed E-state index contributed by atoms with van der Waals surface area (Å²) in [5.74, 6) is -0.613. The quantitative estimate of drug-likeness (QED) is 0.661. The van der Waals surface area contributed by atoms with E-state index in [1.807, 2.05) is 0 Å². The van der Waals surface area contributed by atoms with E-state index >= 15 is 0 Å². The first-order chi connectivity index (χ1) is 13.0. The summed E-state index contributed by atoms with van der Waals surface area (Å²) in [5, 5.41) is 4.16. The second-order valence-electron chi connectivity index (χ2n) is 7.19. The van der Waals surface area contributed by atoms with Gasteiger partial charge < -0.3 is 19.9 Å². The maximum Gasteiger partial charge on any atom is 0.356 e. The van der Waals surface area contributed by atoms with E-state index in [2.05, 4.69) is 17.3 Å². The van der Waals surface area contributed by atoms with Crippen LogP contribution in [0.3, 0.4) is 0 Å². The molecule has 3 N–H and O–H groups in total. The Morgan fingerprint density at radius 3 is 2.74 bits per heavy atom. The van der Waals surface area contributed by atoms with Crippen molar-refractivity contribution in [3.05, 3.63) is 28.9 Å². The largest absolute Gasteiger partial charge is 0.461 e. The molecule has 0 radical (unpaired) electrons. The van der Waals surface area contributed by atoms with Crippen molar-refractivity contribution in [2.75, 3.05) is 25.5 Å². The van der Waals surface area contributed by atoms with E-state index < -0.39 is 5.97 Å². The van der Waals surface area contributed by atoms with Gasteiger partial charge in [0.05, 0.1) is 25.4 Å². The Morgan fingerprint density at radius 2 is 2.04 bits per heavy atom. The zero-order chi connectivity index (χ0) is 19.4. The minimum absolute atomic E-state index is 0.121. The number of nitrogens with one attached hydrogen (secondary N) is 3. The van der Waals surface area contributed by atoms with Crippen LogP contribution in [0.25, 0.3) is 10.9 Å². The number of hydrogen-bond donors (Lipinski definition) is 3. The summed E-state index contributed by atoms with van der Waals surface area (Å²) in [4.78, 5) is 29.3. The van der Waals surface area contributed by atoms with E-state index in [9.17, 15) is 9.59 Å². The minimum atomic E-state index is -0.492. The van der Waals surface area contributed by atoms with Gasteiger partial charge in [-0.2, -0.15) is 0 Å². The molecule has 1 aliphatic rings. The van der Waals surface area contributed by atoms with Gasteiger partial charge in [-0.05, 0) is 50.8 Å². The van der Waals surface area contributed by atoms with Crippen molar-refractivity contribution in [3.8, 4) is 0 Å². The molecule has 0 saturated heterocycles. The van der Waals surface area contributed by atoms with E-state index in [0.29, 0.717) is 28.7 Å². The molecule has 1 unspecified atom stereocenters. The van der Waals surface area contributed by atoms with Gasteiger partial charge >= 0.3 is 5.97 Å². The standard InChI is InChI=1S/C20H26ClN3O3/c1-3-27-20(26)19-18(15-11-13(21)9-10-16(15)22-19)23-17(25)12-24(2)14-7-5-4-6-8-14/h9-11,14,22H,3-8,12H2,1-2H3,(H,23,25)/p+1. The molecular weight excluding hydrogens is 366 g/mol. The number of benzene rings is 1. The third-order valence-corrected chi connectivity index (χ3v) is 5.48. The summed E-state index contributed by atoms with van der Waals surface area (Å²) in [6.45, 7) is 2.37. The zero-order valence-electron chi connectivity index (χ0n) is 15.9. The van der Waals surface area contributed by atoms with Crippen molar-refractivity contribution in [1.82, 2.24) is 4.98 Å². The van der Waals surface area contributed by atoms with Gasteiger partial charge in [0.25, 0.3) is 5.91 Å². The van der Waals surface area contributed by atoms with Crippen molar-refractivity contribution in [2.45, 2.75) is 45.1 Å². The normalized spacial score (nSPS) is 16.3. The first-order valence-corrected chi connectivity index (χ1v) is 9.98. The van der Waals surface area contributed by atoms with Gasteiger partial charge in [-0.15, -0.1) is 0 Å². The average molecular weight is 393 g/mol. The highest BCUT2D eigenvalue weighted by Gasteiger charge is 2.25. The summed E-state index contributed by atoms with van der Waals surface area (Å²) in [5.41, 5.74) is 1.41. The van der Waals surface area contributed by atoms with Crippen LogP contribution in [0.4, 0.5) is 5.69 Å². The number of rotatable bonds is 6. The molecule has 1 aromatic carbocycles. The number of aromatic amines is 1. The van der Waals surface area contributed by atoms with Gasteiger partial charge in [0.1, 0.15) is 5.69 Å². The van der Waals surface area contributed by atoms with Crippen molar-refractivity contribution < 1.29 is 19.2 Å². The first kappa shape index (κ1) is 19.7. The van der Waals surface area contributed by atoms with Gasteiger partial charge in [-0.25, -0.2) is 4.79 Å². The molecule has 0 spiro atoms. The number of aromatic nitrogens is 1. The number of anilines is 1. The van der Waals surface area contributed by atoms with Crippen LogP contribution in [-0.4, -0.2) is 43.1 Å². The van der Waals surface area contributed by atoms with Crippen LogP contribution in [0.5, 0.6) is 0 Å². The van der Waals surface area contributed by atoms with Gasteiger partial charge in [0, 0.05) is 15.9 Å². The molecule has 1 heterocycles. The van der Waals surface area contributed by atoms with E-state index in [0.717, 1.165) is 18.4 Å².